The van der Waals surface area contributed by atoms with Crippen molar-refractivity contribution in [3.63, 3.8) is 0 Å². The molecule has 160 valence electrons. The van der Waals surface area contributed by atoms with E-state index < -0.39 is 28.3 Å². The molecule has 30 heavy (non-hydrogen) atoms. The van der Waals surface area contributed by atoms with Gasteiger partial charge < -0.3 is 0 Å². The number of carbonyl (C=O) groups is 1. The lowest BCUT2D eigenvalue weighted by atomic mass is 10.1. The molecule has 2 aromatic rings. The van der Waals surface area contributed by atoms with Gasteiger partial charge in [0.05, 0.1) is 11.9 Å². The maximum atomic E-state index is 14.0. The van der Waals surface area contributed by atoms with Crippen molar-refractivity contribution in [2.45, 2.75) is 19.4 Å². The number of likely N-dealkylation sites (tertiary alicyclic amines) is 1. The first-order chi connectivity index (χ1) is 14.3. The van der Waals surface area contributed by atoms with E-state index in [-0.39, 0.29) is 5.69 Å². The summed E-state index contributed by atoms with van der Waals surface area (Å²) in [6.07, 6.45) is 2.37. The van der Waals surface area contributed by atoms with Crippen LogP contribution in [0.2, 0.25) is 0 Å². The second-order valence-electron chi connectivity index (χ2n) is 7.20. The second kappa shape index (κ2) is 9.82. The number of anilines is 1. The number of halogens is 1. The van der Waals surface area contributed by atoms with Crippen LogP contribution < -0.4 is 9.73 Å². The zero-order chi connectivity index (χ0) is 21.6. The minimum absolute atomic E-state index is 0.169. The maximum absolute atomic E-state index is 14.0. The number of nitrogens with zero attached hydrogens (tertiary/aromatic N) is 3. The van der Waals surface area contributed by atoms with Gasteiger partial charge in [0.25, 0.3) is 5.91 Å². The van der Waals surface area contributed by atoms with E-state index in [0.29, 0.717) is 0 Å². The molecule has 1 fully saturated rings. The Morgan fingerprint density at radius 3 is 2.37 bits per heavy atom. The zero-order valence-corrected chi connectivity index (χ0v) is 17.6. The number of hydrazone groups is 1. The molecule has 2 aromatic carbocycles. The highest BCUT2D eigenvalue weighted by Gasteiger charge is 2.23. The van der Waals surface area contributed by atoms with Crippen LogP contribution in [0.1, 0.15) is 18.4 Å². The van der Waals surface area contributed by atoms with E-state index in [1.165, 1.54) is 23.8 Å². The summed E-state index contributed by atoms with van der Waals surface area (Å²) < 4.78 is 38.9. The van der Waals surface area contributed by atoms with Gasteiger partial charge in [-0.25, -0.2) is 18.2 Å². The quantitative estimate of drug-likeness (QED) is 0.681. The molecular formula is C21H25FN4O3S. The summed E-state index contributed by atoms with van der Waals surface area (Å²) in [7, 11) is -3.84. The SMILES string of the molecule is CS(=O)(=O)N(CC(=O)NN=C1CCN(Cc2ccccc2)CC1)c1ccccc1F. The first kappa shape index (κ1) is 21.9. The third-order valence-corrected chi connectivity index (χ3v) is 5.96. The van der Waals surface area contributed by atoms with Gasteiger partial charge in [0.1, 0.15) is 12.4 Å². The van der Waals surface area contributed by atoms with Gasteiger partial charge in [0.15, 0.2) is 0 Å². The van der Waals surface area contributed by atoms with Crippen molar-refractivity contribution < 1.29 is 17.6 Å². The normalized spacial score (nSPS) is 14.9. The zero-order valence-electron chi connectivity index (χ0n) is 16.8. The molecule has 7 nitrogen and oxygen atoms in total. The summed E-state index contributed by atoms with van der Waals surface area (Å²) in [6.45, 7) is 1.98. The number of hydrogen-bond acceptors (Lipinski definition) is 5. The van der Waals surface area contributed by atoms with Crippen molar-refractivity contribution in [1.29, 1.82) is 0 Å². The van der Waals surface area contributed by atoms with Crippen molar-refractivity contribution in [3.05, 3.63) is 66.0 Å². The number of amides is 1. The van der Waals surface area contributed by atoms with E-state index in [0.717, 1.165) is 54.8 Å². The van der Waals surface area contributed by atoms with Crippen LogP contribution in [0.25, 0.3) is 0 Å². The van der Waals surface area contributed by atoms with E-state index in [1.807, 2.05) is 18.2 Å². The molecule has 0 aliphatic carbocycles. The Labute approximate surface area is 176 Å². The van der Waals surface area contributed by atoms with Gasteiger partial charge >= 0.3 is 0 Å². The van der Waals surface area contributed by atoms with Crippen LogP contribution in [-0.2, 0) is 21.4 Å². The first-order valence-electron chi connectivity index (χ1n) is 9.66. The number of para-hydroxylation sites is 1. The summed E-state index contributed by atoms with van der Waals surface area (Å²) in [4.78, 5) is 14.6. The Morgan fingerprint density at radius 2 is 1.73 bits per heavy atom. The Hall–Kier alpha value is -2.78. The Kier molecular flexibility index (Phi) is 7.17. The fourth-order valence-electron chi connectivity index (χ4n) is 3.26. The number of carbonyl (C=O) groups excluding carboxylic acids is 1. The third kappa shape index (κ3) is 6.11. The lowest BCUT2D eigenvalue weighted by molar-refractivity contribution is -0.119. The Bertz CT molecular complexity index is 1000. The number of hydrogen-bond donors (Lipinski definition) is 1. The highest BCUT2D eigenvalue weighted by Crippen LogP contribution is 2.21. The number of benzene rings is 2. The van der Waals surface area contributed by atoms with Crippen molar-refractivity contribution in [1.82, 2.24) is 10.3 Å². The molecule has 0 aromatic heterocycles. The molecule has 1 aliphatic heterocycles. The summed E-state index contributed by atoms with van der Waals surface area (Å²) in [5, 5.41) is 4.15. The van der Waals surface area contributed by atoms with Crippen LogP contribution in [-0.4, -0.2) is 50.8 Å². The number of sulfonamides is 1. The molecule has 9 heteroatoms. The summed E-state index contributed by atoms with van der Waals surface area (Å²) >= 11 is 0. The van der Waals surface area contributed by atoms with Crippen LogP contribution >= 0.6 is 0 Å². The molecule has 1 N–H and O–H groups in total. The van der Waals surface area contributed by atoms with Gasteiger partial charge in [0.2, 0.25) is 10.0 Å². The first-order valence-corrected chi connectivity index (χ1v) is 11.5. The lowest BCUT2D eigenvalue weighted by Gasteiger charge is -2.27. The van der Waals surface area contributed by atoms with Crippen LogP contribution in [0, 0.1) is 5.82 Å². The lowest BCUT2D eigenvalue weighted by Crippen LogP contribution is -2.40. The van der Waals surface area contributed by atoms with Crippen LogP contribution in [0.4, 0.5) is 10.1 Å². The predicted octanol–water partition coefficient (Wildman–Crippen LogP) is 2.36. The molecule has 0 bridgehead atoms. The summed E-state index contributed by atoms with van der Waals surface area (Å²) in [5.74, 6) is -1.34. The highest BCUT2D eigenvalue weighted by atomic mass is 32.2. The molecular weight excluding hydrogens is 407 g/mol. The fourth-order valence-corrected chi connectivity index (χ4v) is 4.12. The molecule has 0 radical (unpaired) electrons. The highest BCUT2D eigenvalue weighted by molar-refractivity contribution is 7.92. The van der Waals surface area contributed by atoms with Crippen LogP contribution in [0.5, 0.6) is 0 Å². The minimum Gasteiger partial charge on any atom is -0.298 e. The van der Waals surface area contributed by atoms with E-state index in [4.69, 9.17) is 0 Å². The second-order valence-corrected chi connectivity index (χ2v) is 9.10. The fraction of sp³-hybridized carbons (Fsp3) is 0.333. The average Bonchev–Trinajstić information content (AvgIpc) is 2.72. The predicted molar refractivity (Wildman–Crippen MR) is 115 cm³/mol. The Balaban J connectivity index is 1.54. The molecule has 3 rings (SSSR count). The van der Waals surface area contributed by atoms with Crippen molar-refractivity contribution in [3.8, 4) is 0 Å². The Morgan fingerprint density at radius 1 is 1.10 bits per heavy atom. The van der Waals surface area contributed by atoms with Gasteiger partial charge in [-0.15, -0.1) is 0 Å². The summed E-state index contributed by atoms with van der Waals surface area (Å²) in [5.41, 5.74) is 4.34. The maximum Gasteiger partial charge on any atom is 0.260 e. The average molecular weight is 433 g/mol. The van der Waals surface area contributed by atoms with Crippen LogP contribution in [0.3, 0.4) is 0 Å². The third-order valence-electron chi connectivity index (χ3n) is 4.83. The van der Waals surface area contributed by atoms with Crippen molar-refractivity contribution in [2.24, 2.45) is 5.10 Å². The van der Waals surface area contributed by atoms with E-state index in [9.17, 15) is 17.6 Å². The van der Waals surface area contributed by atoms with Gasteiger partial charge in [-0.3, -0.25) is 14.0 Å². The minimum atomic E-state index is -3.84. The molecule has 1 amide bonds. The number of rotatable bonds is 7. The largest absolute Gasteiger partial charge is 0.298 e. The standard InChI is InChI=1S/C21H25FN4O3S/c1-30(28,29)26(20-10-6-5-9-19(20)22)16-21(27)24-23-18-11-13-25(14-12-18)15-17-7-3-2-4-8-17/h2-10H,11-16H2,1H3,(H,24,27). The number of piperidine rings is 1. The van der Waals surface area contributed by atoms with E-state index >= 15 is 0 Å². The van der Waals surface area contributed by atoms with Crippen molar-refractivity contribution in [2.75, 3.05) is 30.2 Å². The van der Waals surface area contributed by atoms with E-state index in [1.54, 1.807) is 0 Å². The van der Waals surface area contributed by atoms with Gasteiger partial charge in [-0.2, -0.15) is 5.10 Å². The van der Waals surface area contributed by atoms with Gasteiger partial charge in [-0.05, 0) is 17.7 Å². The monoisotopic (exact) mass is 432 g/mol. The molecule has 0 saturated carbocycles. The molecule has 1 saturated heterocycles. The van der Waals surface area contributed by atoms with E-state index in [2.05, 4.69) is 27.6 Å². The number of nitrogens with one attached hydrogen (secondary N) is 1. The van der Waals surface area contributed by atoms with Gasteiger partial charge in [-0.1, -0.05) is 42.5 Å². The molecule has 1 aliphatic rings. The van der Waals surface area contributed by atoms with Gasteiger partial charge in [0, 0.05) is 38.2 Å². The smallest absolute Gasteiger partial charge is 0.260 e. The topological polar surface area (TPSA) is 82.1 Å². The van der Waals surface area contributed by atoms with Crippen LogP contribution in [0.15, 0.2) is 59.7 Å². The summed E-state index contributed by atoms with van der Waals surface area (Å²) in [6, 6.07) is 15.6. The molecule has 1 heterocycles. The molecule has 0 unspecified atom stereocenters. The molecule has 0 spiro atoms. The van der Waals surface area contributed by atoms with Crippen molar-refractivity contribution >= 4 is 27.3 Å². The molecule has 0 atom stereocenters.